The van der Waals surface area contributed by atoms with Crippen LogP contribution >= 0.6 is 0 Å². The van der Waals surface area contributed by atoms with Crippen LogP contribution in [-0.2, 0) is 11.2 Å². The van der Waals surface area contributed by atoms with Crippen LogP contribution in [0.2, 0.25) is 0 Å². The molecule has 0 radical (unpaired) electrons. The molecule has 2 aliphatic rings. The molecule has 1 amide bonds. The maximum Gasteiger partial charge on any atom is 0.225 e. The maximum atomic E-state index is 13.3. The topological polar surface area (TPSA) is 32.3 Å². The molecule has 1 N–H and O–H groups in total. The molecule has 0 saturated carbocycles. The van der Waals surface area contributed by atoms with Gasteiger partial charge in [-0.1, -0.05) is 19.1 Å². The summed E-state index contributed by atoms with van der Waals surface area (Å²) < 4.78 is 13.3. The van der Waals surface area contributed by atoms with Crippen molar-refractivity contribution in [1.82, 2.24) is 10.2 Å². The highest BCUT2D eigenvalue weighted by atomic mass is 19.1. The molecule has 22 heavy (non-hydrogen) atoms. The summed E-state index contributed by atoms with van der Waals surface area (Å²) in [5.41, 5.74) is 0.900. The second kappa shape index (κ2) is 6.78. The molecule has 0 aliphatic carbocycles. The average Bonchev–Trinajstić information content (AvgIpc) is 2.85. The second-order valence-electron chi connectivity index (χ2n) is 6.82. The summed E-state index contributed by atoms with van der Waals surface area (Å²) in [5, 5.41) is 3.46. The number of benzene rings is 1. The number of fused-ring (bicyclic) bond motifs is 1. The van der Waals surface area contributed by atoms with E-state index in [2.05, 4.69) is 5.32 Å². The monoisotopic (exact) mass is 304 g/mol. The Bertz CT molecular complexity index is 520. The molecule has 2 saturated heterocycles. The molecule has 1 unspecified atom stereocenters. The van der Waals surface area contributed by atoms with E-state index in [1.54, 1.807) is 6.07 Å². The van der Waals surface area contributed by atoms with Gasteiger partial charge in [0.1, 0.15) is 5.82 Å². The van der Waals surface area contributed by atoms with Gasteiger partial charge >= 0.3 is 0 Å². The van der Waals surface area contributed by atoms with Gasteiger partial charge < -0.3 is 10.2 Å². The third kappa shape index (κ3) is 3.49. The van der Waals surface area contributed by atoms with Gasteiger partial charge in [0, 0.05) is 19.0 Å². The zero-order chi connectivity index (χ0) is 15.5. The molecule has 4 heteroatoms. The average molecular weight is 304 g/mol. The van der Waals surface area contributed by atoms with Crippen LogP contribution in [0.25, 0.3) is 0 Å². The lowest BCUT2D eigenvalue weighted by atomic mass is 9.92. The molecule has 0 aromatic heterocycles. The van der Waals surface area contributed by atoms with Gasteiger partial charge in [0.25, 0.3) is 0 Å². The van der Waals surface area contributed by atoms with Crippen LogP contribution in [0.4, 0.5) is 4.39 Å². The van der Waals surface area contributed by atoms with E-state index >= 15 is 0 Å². The largest absolute Gasteiger partial charge is 0.342 e. The predicted octanol–water partition coefficient (Wildman–Crippen LogP) is 2.46. The number of rotatable bonds is 3. The van der Waals surface area contributed by atoms with E-state index in [4.69, 9.17) is 0 Å². The molecule has 1 aromatic carbocycles. The van der Waals surface area contributed by atoms with E-state index in [0.29, 0.717) is 6.42 Å². The number of likely N-dealkylation sites (tertiary alicyclic amines) is 1. The summed E-state index contributed by atoms with van der Waals surface area (Å²) in [6, 6.07) is 6.58. The SMILES string of the molecule is CC(Cc1cccc(F)c1)C(=O)N1CC[C@@H]2CNC[C@@H]2CC1. The Labute approximate surface area is 131 Å². The van der Waals surface area contributed by atoms with Crippen molar-refractivity contribution in [2.24, 2.45) is 17.8 Å². The number of hydrogen-bond donors (Lipinski definition) is 1. The number of amides is 1. The first-order chi connectivity index (χ1) is 10.6. The fraction of sp³-hybridized carbons (Fsp3) is 0.611. The molecule has 2 heterocycles. The Morgan fingerprint density at radius 1 is 1.32 bits per heavy atom. The zero-order valence-electron chi connectivity index (χ0n) is 13.2. The molecule has 2 fully saturated rings. The van der Waals surface area contributed by atoms with Crippen molar-refractivity contribution in [3.05, 3.63) is 35.6 Å². The lowest BCUT2D eigenvalue weighted by Crippen LogP contribution is -2.37. The maximum absolute atomic E-state index is 13.3. The normalized spacial score (nSPS) is 26.4. The Kier molecular flexibility index (Phi) is 4.77. The first kappa shape index (κ1) is 15.5. The van der Waals surface area contributed by atoms with Crippen LogP contribution in [0.3, 0.4) is 0 Å². The quantitative estimate of drug-likeness (QED) is 0.930. The first-order valence-electron chi connectivity index (χ1n) is 8.37. The van der Waals surface area contributed by atoms with Crippen molar-refractivity contribution in [1.29, 1.82) is 0 Å². The van der Waals surface area contributed by atoms with Crippen molar-refractivity contribution in [2.75, 3.05) is 26.2 Å². The minimum atomic E-state index is -0.229. The van der Waals surface area contributed by atoms with Gasteiger partial charge in [0.15, 0.2) is 0 Å². The van der Waals surface area contributed by atoms with Crippen molar-refractivity contribution in [3.8, 4) is 0 Å². The number of nitrogens with zero attached hydrogens (tertiary/aromatic N) is 1. The van der Waals surface area contributed by atoms with E-state index < -0.39 is 0 Å². The Hall–Kier alpha value is -1.42. The molecule has 0 spiro atoms. The van der Waals surface area contributed by atoms with Crippen molar-refractivity contribution in [3.63, 3.8) is 0 Å². The fourth-order valence-corrected chi connectivity index (χ4v) is 3.85. The van der Waals surface area contributed by atoms with Crippen LogP contribution in [0.1, 0.15) is 25.3 Å². The standard InChI is InChI=1S/C18H25FN2O/c1-13(9-14-3-2-4-17(19)10-14)18(22)21-7-5-15-11-20-12-16(15)6-8-21/h2-4,10,13,15-16,20H,5-9,11-12H2,1H3/t13?,15-,16+. The summed E-state index contributed by atoms with van der Waals surface area (Å²) in [6.45, 7) is 5.90. The summed E-state index contributed by atoms with van der Waals surface area (Å²) in [6.07, 6.45) is 2.83. The van der Waals surface area contributed by atoms with Crippen LogP contribution in [0.5, 0.6) is 0 Å². The van der Waals surface area contributed by atoms with Crippen LogP contribution in [0.15, 0.2) is 24.3 Å². The highest BCUT2D eigenvalue weighted by molar-refractivity contribution is 5.78. The number of carbonyl (C=O) groups excluding carboxylic acids is 1. The lowest BCUT2D eigenvalue weighted by molar-refractivity contribution is -0.135. The van der Waals surface area contributed by atoms with Crippen LogP contribution in [-0.4, -0.2) is 37.0 Å². The minimum absolute atomic E-state index is 0.0853. The summed E-state index contributed by atoms with van der Waals surface area (Å²) in [4.78, 5) is 14.7. The number of halogens is 1. The Morgan fingerprint density at radius 2 is 2.00 bits per heavy atom. The first-order valence-corrected chi connectivity index (χ1v) is 8.37. The molecular weight excluding hydrogens is 279 g/mol. The number of hydrogen-bond acceptors (Lipinski definition) is 2. The van der Waals surface area contributed by atoms with E-state index in [0.717, 1.165) is 56.4 Å². The van der Waals surface area contributed by atoms with Crippen molar-refractivity contribution >= 4 is 5.91 Å². The van der Waals surface area contributed by atoms with Gasteiger partial charge in [-0.25, -0.2) is 4.39 Å². The third-order valence-corrected chi connectivity index (χ3v) is 5.18. The molecular formula is C18H25FN2O. The summed E-state index contributed by atoms with van der Waals surface area (Å²) >= 11 is 0. The second-order valence-corrected chi connectivity index (χ2v) is 6.82. The van der Waals surface area contributed by atoms with Crippen LogP contribution in [0, 0.1) is 23.6 Å². The molecule has 3 atom stereocenters. The lowest BCUT2D eigenvalue weighted by Gasteiger charge is -2.24. The van der Waals surface area contributed by atoms with Gasteiger partial charge in [-0.15, -0.1) is 0 Å². The molecule has 0 bridgehead atoms. The summed E-state index contributed by atoms with van der Waals surface area (Å²) in [7, 11) is 0. The predicted molar refractivity (Wildman–Crippen MR) is 84.9 cm³/mol. The van der Waals surface area contributed by atoms with Crippen molar-refractivity contribution in [2.45, 2.75) is 26.2 Å². The highest BCUT2D eigenvalue weighted by Crippen LogP contribution is 2.27. The van der Waals surface area contributed by atoms with Crippen molar-refractivity contribution < 1.29 is 9.18 Å². The van der Waals surface area contributed by atoms with Crippen LogP contribution < -0.4 is 5.32 Å². The minimum Gasteiger partial charge on any atom is -0.342 e. The van der Waals surface area contributed by atoms with Gasteiger partial charge in [-0.3, -0.25) is 4.79 Å². The third-order valence-electron chi connectivity index (χ3n) is 5.18. The van der Waals surface area contributed by atoms with E-state index in [9.17, 15) is 9.18 Å². The molecule has 1 aromatic rings. The van der Waals surface area contributed by atoms with Gasteiger partial charge in [0.05, 0.1) is 0 Å². The molecule has 2 aliphatic heterocycles. The van der Waals surface area contributed by atoms with Gasteiger partial charge in [0.2, 0.25) is 5.91 Å². The number of carbonyl (C=O) groups is 1. The van der Waals surface area contributed by atoms with E-state index in [-0.39, 0.29) is 17.6 Å². The zero-order valence-corrected chi connectivity index (χ0v) is 13.2. The van der Waals surface area contributed by atoms with Gasteiger partial charge in [-0.2, -0.15) is 0 Å². The fourth-order valence-electron chi connectivity index (χ4n) is 3.85. The smallest absolute Gasteiger partial charge is 0.225 e. The van der Waals surface area contributed by atoms with Gasteiger partial charge in [-0.05, 0) is 61.9 Å². The molecule has 3 rings (SSSR count). The molecule has 120 valence electrons. The molecule has 3 nitrogen and oxygen atoms in total. The summed E-state index contributed by atoms with van der Waals surface area (Å²) in [5.74, 6) is 1.37. The van der Waals surface area contributed by atoms with E-state index in [1.807, 2.05) is 17.9 Å². The van der Waals surface area contributed by atoms with E-state index in [1.165, 1.54) is 12.1 Å². The Balaban J connectivity index is 1.58. The number of nitrogens with one attached hydrogen (secondary N) is 1. The Morgan fingerprint density at radius 3 is 2.64 bits per heavy atom. The highest BCUT2D eigenvalue weighted by Gasteiger charge is 2.32.